The summed E-state index contributed by atoms with van der Waals surface area (Å²) < 4.78 is 90.9. The summed E-state index contributed by atoms with van der Waals surface area (Å²) in [5.41, 5.74) is 0.482. The molecule has 16 heteroatoms. The van der Waals surface area contributed by atoms with Crippen LogP contribution in [0.2, 0.25) is 0 Å². The van der Waals surface area contributed by atoms with E-state index in [1.807, 2.05) is 4.72 Å². The second kappa shape index (κ2) is 11.6. The first-order valence-corrected chi connectivity index (χ1v) is 14.1. The number of aromatic nitrogens is 4. The average Bonchev–Trinajstić information content (AvgIpc) is 2.87. The highest BCUT2D eigenvalue weighted by atomic mass is 32.2. The van der Waals surface area contributed by atoms with Crippen LogP contribution in [0, 0.1) is 5.92 Å². The lowest BCUT2D eigenvalue weighted by Crippen LogP contribution is -2.45. The van der Waals surface area contributed by atoms with E-state index in [0.717, 1.165) is 0 Å². The summed E-state index contributed by atoms with van der Waals surface area (Å²) in [4.78, 5) is 26.2. The third kappa shape index (κ3) is 7.21. The molecule has 2 atom stereocenters. The minimum Gasteiger partial charge on any atom is -0.350 e. The van der Waals surface area contributed by atoms with Crippen LogP contribution in [0.5, 0.6) is 0 Å². The lowest BCUT2D eigenvalue weighted by molar-refractivity contribution is -0.129. The molecule has 10 nitrogen and oxygen atoms in total. The van der Waals surface area contributed by atoms with E-state index in [-0.39, 0.29) is 42.4 Å². The van der Waals surface area contributed by atoms with Gasteiger partial charge in [0.15, 0.2) is 0 Å². The van der Waals surface area contributed by atoms with Crippen molar-refractivity contribution in [3.05, 3.63) is 40.9 Å². The number of piperidine rings is 1. The topological polar surface area (TPSA) is 131 Å². The number of sulfonamides is 1. The lowest BCUT2D eigenvalue weighted by atomic mass is 9.96. The van der Waals surface area contributed by atoms with E-state index < -0.39 is 46.3 Å². The van der Waals surface area contributed by atoms with Gasteiger partial charge < -0.3 is 10.6 Å². The fraction of sp³-hybridized carbons (Fsp3) is 0.500. The van der Waals surface area contributed by atoms with Gasteiger partial charge in [0, 0.05) is 60.0 Å². The van der Waals surface area contributed by atoms with Gasteiger partial charge in [-0.2, -0.15) is 18.2 Å². The molecule has 0 spiro atoms. The van der Waals surface area contributed by atoms with Crippen LogP contribution >= 0.6 is 0 Å². The highest BCUT2D eigenvalue weighted by Gasteiger charge is 2.30. The first-order chi connectivity index (χ1) is 18.7. The number of pyridine rings is 2. The van der Waals surface area contributed by atoms with Crippen molar-refractivity contribution in [2.24, 2.45) is 5.92 Å². The zero-order chi connectivity index (χ0) is 29.2. The molecular formula is C24H28F5N7O3S. The number of rotatable bonds is 9. The summed E-state index contributed by atoms with van der Waals surface area (Å²) in [6, 6.07) is 3.58. The van der Waals surface area contributed by atoms with E-state index in [1.165, 1.54) is 29.1 Å². The van der Waals surface area contributed by atoms with E-state index in [1.54, 1.807) is 19.9 Å². The molecule has 4 heterocycles. The molecule has 0 saturated carbocycles. The van der Waals surface area contributed by atoms with E-state index in [2.05, 4.69) is 25.6 Å². The van der Waals surface area contributed by atoms with Crippen LogP contribution in [0.1, 0.15) is 32.7 Å². The fourth-order valence-corrected chi connectivity index (χ4v) is 5.45. The molecule has 0 aliphatic carbocycles. The molecule has 1 aliphatic rings. The summed E-state index contributed by atoms with van der Waals surface area (Å²) in [6.45, 7) is 4.26. The van der Waals surface area contributed by atoms with Gasteiger partial charge in [-0.05, 0) is 38.5 Å². The first-order valence-electron chi connectivity index (χ1n) is 12.4. The zero-order valence-corrected chi connectivity index (χ0v) is 22.4. The number of hydrogen-bond donors (Lipinski definition) is 3. The number of nitrogens with one attached hydrogen (secondary N) is 3. The number of alkyl halides is 5. The van der Waals surface area contributed by atoms with Gasteiger partial charge >= 0.3 is 6.18 Å². The molecule has 0 radical (unpaired) electrons. The van der Waals surface area contributed by atoms with E-state index in [0.29, 0.717) is 23.1 Å². The molecule has 0 bridgehead atoms. The molecule has 0 unspecified atom stereocenters. The van der Waals surface area contributed by atoms with Crippen molar-refractivity contribution in [2.45, 2.75) is 51.4 Å². The molecule has 1 aliphatic heterocycles. The minimum absolute atomic E-state index is 0.193. The molecule has 1 fully saturated rings. The Morgan fingerprint density at radius 2 is 1.90 bits per heavy atom. The van der Waals surface area contributed by atoms with Gasteiger partial charge in [-0.1, -0.05) is 0 Å². The van der Waals surface area contributed by atoms with Crippen LogP contribution in [-0.2, 0) is 10.0 Å². The Morgan fingerprint density at radius 1 is 1.15 bits per heavy atom. The fourth-order valence-electron chi connectivity index (χ4n) is 4.41. The predicted octanol–water partition coefficient (Wildman–Crippen LogP) is 3.78. The Kier molecular flexibility index (Phi) is 8.58. The summed E-state index contributed by atoms with van der Waals surface area (Å²) in [7, 11) is -4.28. The number of anilines is 2. The monoisotopic (exact) mass is 589 g/mol. The molecule has 3 aromatic rings. The van der Waals surface area contributed by atoms with Crippen LogP contribution < -0.4 is 20.9 Å². The normalized spacial score (nSPS) is 18.4. The van der Waals surface area contributed by atoms with Crippen molar-refractivity contribution in [3.63, 3.8) is 0 Å². The van der Waals surface area contributed by atoms with Gasteiger partial charge in [0.25, 0.3) is 5.56 Å². The maximum absolute atomic E-state index is 13.5. The van der Waals surface area contributed by atoms with Crippen molar-refractivity contribution >= 4 is 32.8 Å². The van der Waals surface area contributed by atoms with Crippen LogP contribution in [0.25, 0.3) is 22.2 Å². The highest BCUT2D eigenvalue weighted by Crippen LogP contribution is 2.25. The number of nitrogens with zero attached hydrogens (tertiary/aromatic N) is 4. The third-order valence-corrected chi connectivity index (χ3v) is 7.61. The van der Waals surface area contributed by atoms with Crippen LogP contribution in [0.3, 0.4) is 0 Å². The summed E-state index contributed by atoms with van der Waals surface area (Å²) in [5, 5.41) is 6.56. The Labute approximate surface area is 226 Å². The molecule has 1 saturated heterocycles. The van der Waals surface area contributed by atoms with Gasteiger partial charge in [-0.25, -0.2) is 27.2 Å². The van der Waals surface area contributed by atoms with E-state index >= 15 is 0 Å². The SMILES string of the molecule is CC(C)n1c(=O)c(-c2ccc(NS(=O)(=O)CCC(F)(F)F)nc2)cc2cnc(N[C@@H]3CNC[C@H](C(F)F)C3)nc21. The lowest BCUT2D eigenvalue weighted by Gasteiger charge is -2.30. The van der Waals surface area contributed by atoms with E-state index in [9.17, 15) is 35.2 Å². The Morgan fingerprint density at radius 3 is 2.52 bits per heavy atom. The molecular weight excluding hydrogens is 561 g/mol. The summed E-state index contributed by atoms with van der Waals surface area (Å²) in [6.07, 6.45) is -5.59. The number of hydrogen-bond acceptors (Lipinski definition) is 8. The van der Waals surface area contributed by atoms with Gasteiger partial charge in [-0.15, -0.1) is 0 Å². The molecule has 3 aromatic heterocycles. The molecule has 0 aromatic carbocycles. The van der Waals surface area contributed by atoms with Gasteiger partial charge in [0.1, 0.15) is 11.5 Å². The Hall–Kier alpha value is -3.40. The Balaban J connectivity index is 1.60. The third-order valence-electron chi connectivity index (χ3n) is 6.35. The van der Waals surface area contributed by atoms with Gasteiger partial charge in [-0.3, -0.25) is 14.1 Å². The maximum Gasteiger partial charge on any atom is 0.390 e. The maximum atomic E-state index is 13.5. The van der Waals surface area contributed by atoms with Crippen molar-refractivity contribution in [3.8, 4) is 11.1 Å². The average molecular weight is 590 g/mol. The summed E-state index contributed by atoms with van der Waals surface area (Å²) in [5.74, 6) is -1.94. The Bertz CT molecular complexity index is 1510. The highest BCUT2D eigenvalue weighted by molar-refractivity contribution is 7.92. The van der Waals surface area contributed by atoms with Gasteiger partial charge in [0.05, 0.1) is 12.2 Å². The van der Waals surface area contributed by atoms with Crippen molar-refractivity contribution < 1.29 is 30.4 Å². The minimum atomic E-state index is -4.62. The summed E-state index contributed by atoms with van der Waals surface area (Å²) >= 11 is 0. The second-order valence-corrected chi connectivity index (χ2v) is 11.7. The molecule has 4 rings (SSSR count). The van der Waals surface area contributed by atoms with Crippen LogP contribution in [-0.4, -0.2) is 65.4 Å². The molecule has 218 valence electrons. The first kappa shape index (κ1) is 29.6. The zero-order valence-electron chi connectivity index (χ0n) is 21.5. The molecule has 40 heavy (non-hydrogen) atoms. The van der Waals surface area contributed by atoms with Crippen LogP contribution in [0.4, 0.5) is 33.7 Å². The van der Waals surface area contributed by atoms with Crippen molar-refractivity contribution in [1.29, 1.82) is 0 Å². The quantitative estimate of drug-likeness (QED) is 0.322. The number of fused-ring (bicyclic) bond motifs is 1. The van der Waals surface area contributed by atoms with Crippen molar-refractivity contribution in [2.75, 3.05) is 28.9 Å². The smallest absolute Gasteiger partial charge is 0.350 e. The van der Waals surface area contributed by atoms with E-state index in [4.69, 9.17) is 0 Å². The standard InChI is InChI=1S/C24H28F5N7O3S/c1-13(2)36-21-16(11-32-23(34-21)33-17-7-15(20(25)26)9-30-12-17)8-18(22(36)37)14-3-4-19(31-10-14)35-40(38,39)6-5-24(27,28)29/h3-4,8,10-11,13,15,17,20,30H,5-7,9,12H2,1-2H3,(H,31,35)(H,32,33,34)/t15-,17+/m1/s1. The van der Waals surface area contributed by atoms with Crippen molar-refractivity contribution in [1.82, 2.24) is 24.8 Å². The van der Waals surface area contributed by atoms with Gasteiger partial charge in [0.2, 0.25) is 22.4 Å². The predicted molar refractivity (Wildman–Crippen MR) is 140 cm³/mol. The molecule has 3 N–H and O–H groups in total. The molecule has 0 amide bonds. The van der Waals surface area contributed by atoms with Crippen LogP contribution in [0.15, 0.2) is 35.4 Å². The number of halogens is 5. The second-order valence-electron chi connectivity index (χ2n) is 9.85. The largest absolute Gasteiger partial charge is 0.390 e.